The second-order valence-corrected chi connectivity index (χ2v) is 9.98. The van der Waals surface area contributed by atoms with Crippen molar-refractivity contribution in [3.63, 3.8) is 0 Å². The summed E-state index contributed by atoms with van der Waals surface area (Å²) in [4.78, 5) is 37.1. The topological polar surface area (TPSA) is 121 Å². The molecule has 2 aromatic rings. The van der Waals surface area contributed by atoms with Gasteiger partial charge in [0.25, 0.3) is 5.91 Å². The van der Waals surface area contributed by atoms with Crippen LogP contribution in [-0.2, 0) is 14.3 Å². The monoisotopic (exact) mass is 514 g/mol. The lowest BCUT2D eigenvalue weighted by Crippen LogP contribution is -2.41. The maximum absolute atomic E-state index is 13.4. The van der Waals surface area contributed by atoms with Crippen LogP contribution in [0.25, 0.3) is 11.3 Å². The van der Waals surface area contributed by atoms with Gasteiger partial charge in [0.1, 0.15) is 18.0 Å². The largest absolute Gasteiger partial charge is 0.496 e. The van der Waals surface area contributed by atoms with Gasteiger partial charge in [0.05, 0.1) is 38.6 Å². The molecule has 1 atom stereocenters. The molecule has 0 spiro atoms. The molecule has 0 saturated heterocycles. The SMILES string of the molecule is COC(=O)CNC(=O)C[C@H](CC(C)C)NC(=O)c1cc(-c2c(OC)cccc2OC)n(C2CC(C)C2)n1. The number of nitrogens with zero attached hydrogens (tertiary/aromatic N) is 2. The van der Waals surface area contributed by atoms with Crippen molar-refractivity contribution in [2.75, 3.05) is 27.9 Å². The van der Waals surface area contributed by atoms with E-state index in [4.69, 9.17) is 14.6 Å². The number of ether oxygens (including phenoxy) is 3. The Balaban J connectivity index is 1.88. The van der Waals surface area contributed by atoms with Gasteiger partial charge in [-0.05, 0) is 49.3 Å². The molecule has 202 valence electrons. The number of methoxy groups -OCH3 is 3. The van der Waals surface area contributed by atoms with Gasteiger partial charge in [0.15, 0.2) is 5.69 Å². The number of amides is 2. The fourth-order valence-electron chi connectivity index (χ4n) is 4.69. The number of rotatable bonds is 12. The number of hydrogen-bond donors (Lipinski definition) is 2. The molecule has 10 heteroatoms. The maximum Gasteiger partial charge on any atom is 0.325 e. The molecule has 1 saturated carbocycles. The van der Waals surface area contributed by atoms with Gasteiger partial charge in [-0.2, -0.15) is 5.10 Å². The minimum absolute atomic E-state index is 0.0367. The van der Waals surface area contributed by atoms with Crippen molar-refractivity contribution in [3.05, 3.63) is 30.0 Å². The average Bonchev–Trinajstić information content (AvgIpc) is 3.28. The van der Waals surface area contributed by atoms with Crippen molar-refractivity contribution < 1.29 is 28.6 Å². The zero-order valence-corrected chi connectivity index (χ0v) is 22.5. The van der Waals surface area contributed by atoms with Crippen LogP contribution in [0.3, 0.4) is 0 Å². The first-order valence-corrected chi connectivity index (χ1v) is 12.6. The highest BCUT2D eigenvalue weighted by Gasteiger charge is 2.32. The van der Waals surface area contributed by atoms with Gasteiger partial charge in [0, 0.05) is 12.5 Å². The summed E-state index contributed by atoms with van der Waals surface area (Å²) in [5, 5.41) is 10.2. The number of nitrogens with one attached hydrogen (secondary N) is 2. The molecule has 0 unspecified atom stereocenters. The number of esters is 1. The first kappa shape index (κ1) is 28.0. The van der Waals surface area contributed by atoms with E-state index in [1.807, 2.05) is 36.7 Å². The van der Waals surface area contributed by atoms with Gasteiger partial charge >= 0.3 is 5.97 Å². The van der Waals surface area contributed by atoms with Crippen LogP contribution in [0.5, 0.6) is 11.5 Å². The minimum atomic E-state index is -0.534. The summed E-state index contributed by atoms with van der Waals surface area (Å²) in [5.41, 5.74) is 1.73. The van der Waals surface area contributed by atoms with Crippen molar-refractivity contribution in [2.24, 2.45) is 11.8 Å². The Kier molecular flexibility index (Phi) is 9.54. The highest BCUT2D eigenvalue weighted by atomic mass is 16.5. The summed E-state index contributed by atoms with van der Waals surface area (Å²) in [5.74, 6) is 0.823. The Labute approximate surface area is 218 Å². The first-order valence-electron chi connectivity index (χ1n) is 12.6. The molecule has 0 bridgehead atoms. The maximum atomic E-state index is 13.4. The number of aromatic nitrogens is 2. The van der Waals surface area contributed by atoms with Crippen LogP contribution in [-0.4, -0.2) is 61.5 Å². The molecule has 37 heavy (non-hydrogen) atoms. The van der Waals surface area contributed by atoms with E-state index in [9.17, 15) is 14.4 Å². The summed E-state index contributed by atoms with van der Waals surface area (Å²) in [6.07, 6.45) is 2.55. The number of hydrogen-bond acceptors (Lipinski definition) is 7. The predicted molar refractivity (Wildman–Crippen MR) is 139 cm³/mol. The normalized spacial score (nSPS) is 17.5. The molecule has 1 heterocycles. The zero-order chi connectivity index (χ0) is 27.1. The number of carbonyl (C=O) groups excluding carboxylic acids is 3. The van der Waals surface area contributed by atoms with E-state index in [0.717, 1.165) is 24.1 Å². The van der Waals surface area contributed by atoms with Gasteiger partial charge in [-0.15, -0.1) is 0 Å². The molecule has 2 N–H and O–H groups in total. The molecule has 1 fully saturated rings. The van der Waals surface area contributed by atoms with Crippen molar-refractivity contribution in [2.45, 2.75) is 58.5 Å². The molecule has 10 nitrogen and oxygen atoms in total. The average molecular weight is 515 g/mol. The quantitative estimate of drug-likeness (QED) is 0.417. The highest BCUT2D eigenvalue weighted by molar-refractivity contribution is 5.94. The van der Waals surface area contributed by atoms with Crippen LogP contribution in [0, 0.1) is 11.8 Å². The van der Waals surface area contributed by atoms with Crippen LogP contribution in [0.15, 0.2) is 24.3 Å². The molecule has 0 radical (unpaired) electrons. The van der Waals surface area contributed by atoms with Crippen LogP contribution >= 0.6 is 0 Å². The van der Waals surface area contributed by atoms with Crippen LogP contribution in [0.1, 0.15) is 63.0 Å². The molecular weight excluding hydrogens is 476 g/mol. The lowest BCUT2D eigenvalue weighted by Gasteiger charge is -2.34. The van der Waals surface area contributed by atoms with E-state index in [1.165, 1.54) is 7.11 Å². The molecule has 1 aromatic carbocycles. The van der Waals surface area contributed by atoms with Crippen molar-refractivity contribution in [1.82, 2.24) is 20.4 Å². The lowest BCUT2D eigenvalue weighted by molar-refractivity contribution is -0.141. The first-order chi connectivity index (χ1) is 17.7. The molecule has 1 aromatic heterocycles. The van der Waals surface area contributed by atoms with Crippen LogP contribution < -0.4 is 20.1 Å². The Morgan fingerprint density at radius 3 is 2.30 bits per heavy atom. The Morgan fingerprint density at radius 1 is 1.11 bits per heavy atom. The zero-order valence-electron chi connectivity index (χ0n) is 22.5. The van der Waals surface area contributed by atoms with E-state index in [2.05, 4.69) is 22.3 Å². The van der Waals surface area contributed by atoms with Crippen molar-refractivity contribution in [1.29, 1.82) is 0 Å². The molecule has 0 aliphatic heterocycles. The Hall–Kier alpha value is -3.56. The fraction of sp³-hybridized carbons (Fsp3) is 0.556. The van der Waals surface area contributed by atoms with E-state index in [1.54, 1.807) is 20.3 Å². The summed E-state index contributed by atoms with van der Waals surface area (Å²) < 4.78 is 17.7. The van der Waals surface area contributed by atoms with E-state index in [0.29, 0.717) is 23.8 Å². The van der Waals surface area contributed by atoms with Gasteiger partial charge < -0.3 is 24.8 Å². The van der Waals surface area contributed by atoms with Gasteiger partial charge in [0.2, 0.25) is 5.91 Å². The molecule has 1 aliphatic rings. The third-order valence-corrected chi connectivity index (χ3v) is 6.53. The third-order valence-electron chi connectivity index (χ3n) is 6.53. The predicted octanol–water partition coefficient (Wildman–Crippen LogP) is 3.36. The molecule has 3 rings (SSSR count). The second-order valence-electron chi connectivity index (χ2n) is 9.98. The fourth-order valence-corrected chi connectivity index (χ4v) is 4.69. The van der Waals surface area contributed by atoms with Crippen LogP contribution in [0.4, 0.5) is 0 Å². The summed E-state index contributed by atoms with van der Waals surface area (Å²) in [6, 6.07) is 7.04. The smallest absolute Gasteiger partial charge is 0.325 e. The van der Waals surface area contributed by atoms with E-state index in [-0.39, 0.29) is 42.4 Å². The van der Waals surface area contributed by atoms with Gasteiger partial charge in [-0.1, -0.05) is 26.8 Å². The summed E-state index contributed by atoms with van der Waals surface area (Å²) in [6.45, 7) is 6.01. The van der Waals surface area contributed by atoms with Crippen molar-refractivity contribution >= 4 is 17.8 Å². The minimum Gasteiger partial charge on any atom is -0.496 e. The highest BCUT2D eigenvalue weighted by Crippen LogP contribution is 2.44. The third kappa shape index (κ3) is 7.02. The Morgan fingerprint density at radius 2 is 1.76 bits per heavy atom. The molecular formula is C27H38N4O6. The lowest BCUT2D eigenvalue weighted by atomic mass is 9.82. The summed E-state index contributed by atoms with van der Waals surface area (Å²) >= 11 is 0. The molecule has 1 aliphatic carbocycles. The Bertz CT molecular complexity index is 1080. The second kappa shape index (κ2) is 12.6. The van der Waals surface area contributed by atoms with Gasteiger partial charge in [-0.25, -0.2) is 0 Å². The number of benzene rings is 1. The van der Waals surface area contributed by atoms with E-state index < -0.39 is 12.0 Å². The van der Waals surface area contributed by atoms with Crippen molar-refractivity contribution in [3.8, 4) is 22.8 Å². The standard InChI is InChI=1S/C27H38N4O6/c1-16(2)10-18(13-24(32)28-15-25(33)37-6)29-27(34)20-14-21(31(30-20)19-11-17(3)12-19)26-22(35-4)8-7-9-23(26)36-5/h7-9,14,16-19H,10-13,15H2,1-6H3,(H,28,32)(H,29,34)/t17?,18-,19?/m0/s1. The summed E-state index contributed by atoms with van der Waals surface area (Å²) in [7, 11) is 4.45. The molecule has 2 amide bonds. The van der Waals surface area contributed by atoms with Crippen LogP contribution in [0.2, 0.25) is 0 Å². The van der Waals surface area contributed by atoms with Gasteiger partial charge in [-0.3, -0.25) is 19.1 Å². The number of carbonyl (C=O) groups is 3. The van der Waals surface area contributed by atoms with E-state index >= 15 is 0 Å².